The van der Waals surface area contributed by atoms with Crippen molar-refractivity contribution in [3.05, 3.63) is 0 Å². The van der Waals surface area contributed by atoms with Crippen molar-refractivity contribution >= 4 is 30.1 Å². The zero-order valence-corrected chi connectivity index (χ0v) is 6.34. The molecule has 0 aliphatic heterocycles. The molecule has 0 aromatic rings. The Balaban J connectivity index is 3.26. The fourth-order valence-electron chi connectivity index (χ4n) is 0.146. The highest BCUT2D eigenvalue weighted by atomic mass is 35.5. The van der Waals surface area contributed by atoms with Crippen molar-refractivity contribution in [3.63, 3.8) is 0 Å². The van der Waals surface area contributed by atoms with Crippen LogP contribution >= 0.6 is 18.3 Å². The molecule has 0 rings (SSSR count). The lowest BCUT2D eigenvalue weighted by atomic mass is 10.9. The molecule has 0 aliphatic carbocycles. The van der Waals surface area contributed by atoms with Crippen LogP contribution in [0.1, 0.15) is 0 Å². The van der Waals surface area contributed by atoms with Gasteiger partial charge in [0.05, 0.1) is 6.61 Å². The summed E-state index contributed by atoms with van der Waals surface area (Å²) in [5.74, 6) is 0.142. The summed E-state index contributed by atoms with van der Waals surface area (Å²) in [7, 11) is 0. The molecule has 0 heterocycles. The molecule has 0 fully saturated rings. The predicted molar refractivity (Wildman–Crippen MR) is 31.0 cm³/mol. The standard InChI is InChI=1S/C2H6ClO3PS/c3-1-2-6-7(4,5)8/h1-2H2,(H2,4,5,8)/p-2. The first kappa shape index (κ1) is 8.82. The molecule has 0 saturated carbocycles. The maximum atomic E-state index is 9.95. The first-order valence-corrected chi connectivity index (χ1v) is 4.88. The van der Waals surface area contributed by atoms with Gasteiger partial charge in [-0.3, -0.25) is 0 Å². The maximum Gasteiger partial charge on any atom is 0.0622 e. The second-order valence-corrected chi connectivity index (χ2v) is 3.84. The van der Waals surface area contributed by atoms with Crippen molar-refractivity contribution in [3.8, 4) is 0 Å². The number of alkyl halides is 1. The molecule has 0 radical (unpaired) electrons. The topological polar surface area (TPSA) is 55.3 Å². The average molecular weight is 175 g/mol. The van der Waals surface area contributed by atoms with Gasteiger partial charge in [0.15, 0.2) is 0 Å². The first-order valence-electron chi connectivity index (χ1n) is 1.79. The normalized spacial score (nSPS) is 11.9. The van der Waals surface area contributed by atoms with Gasteiger partial charge in [0, 0.05) is 5.88 Å². The summed E-state index contributed by atoms with van der Waals surface area (Å²) in [6.07, 6.45) is 0. The zero-order chi connectivity index (χ0) is 6.62. The lowest BCUT2D eigenvalue weighted by molar-refractivity contribution is -0.320. The van der Waals surface area contributed by atoms with Gasteiger partial charge in [-0.1, -0.05) is 6.72 Å². The van der Waals surface area contributed by atoms with E-state index >= 15 is 0 Å². The van der Waals surface area contributed by atoms with Crippen LogP contribution in [0, 0.1) is 0 Å². The molecule has 3 nitrogen and oxygen atoms in total. The highest BCUT2D eigenvalue weighted by molar-refractivity contribution is 8.05. The van der Waals surface area contributed by atoms with Crippen LogP contribution < -0.4 is 9.79 Å². The molecular formula is C2H4ClO3PS-2. The van der Waals surface area contributed by atoms with Crippen LogP contribution in [-0.2, 0) is 16.3 Å². The van der Waals surface area contributed by atoms with Gasteiger partial charge in [-0.25, -0.2) is 0 Å². The van der Waals surface area contributed by atoms with Gasteiger partial charge in [0.25, 0.3) is 0 Å². The minimum Gasteiger partial charge on any atom is -0.812 e. The van der Waals surface area contributed by atoms with Gasteiger partial charge in [-0.05, 0) is 0 Å². The molecule has 0 bridgehead atoms. The quantitative estimate of drug-likeness (QED) is 0.415. The highest BCUT2D eigenvalue weighted by Crippen LogP contribution is 2.24. The van der Waals surface area contributed by atoms with E-state index < -0.39 is 6.72 Å². The smallest absolute Gasteiger partial charge is 0.0622 e. The fraction of sp³-hybridized carbons (Fsp3) is 1.00. The van der Waals surface area contributed by atoms with Crippen LogP contribution in [0.25, 0.3) is 0 Å². The van der Waals surface area contributed by atoms with Gasteiger partial charge >= 0.3 is 0 Å². The molecular weight excluding hydrogens is 171 g/mol. The summed E-state index contributed by atoms with van der Waals surface area (Å²) < 4.78 is 4.06. The molecule has 0 amide bonds. The molecule has 0 unspecified atom stereocenters. The Bertz CT molecular complexity index is 101. The first-order chi connectivity index (χ1) is 3.56. The van der Waals surface area contributed by atoms with Gasteiger partial charge < -0.3 is 14.3 Å². The van der Waals surface area contributed by atoms with Crippen molar-refractivity contribution in [2.24, 2.45) is 0 Å². The monoisotopic (exact) mass is 174 g/mol. The molecule has 0 N–H and O–H groups in total. The number of rotatable bonds is 3. The Morgan fingerprint density at radius 1 is 1.62 bits per heavy atom. The molecule has 0 spiro atoms. The average Bonchev–Trinajstić information content (AvgIpc) is 1.59. The van der Waals surface area contributed by atoms with E-state index in [1.807, 2.05) is 0 Å². The minimum absolute atomic E-state index is 0.0359. The largest absolute Gasteiger partial charge is 0.812 e. The molecule has 0 atom stereocenters. The maximum absolute atomic E-state index is 9.95. The van der Waals surface area contributed by atoms with Crippen LogP contribution in [0.15, 0.2) is 0 Å². The molecule has 0 aromatic heterocycles. The second-order valence-electron chi connectivity index (χ2n) is 0.969. The minimum atomic E-state index is -3.93. The summed E-state index contributed by atoms with van der Waals surface area (Å²) in [5.41, 5.74) is 0. The second kappa shape index (κ2) is 3.77. The lowest BCUT2D eigenvalue weighted by Gasteiger charge is -2.33. The third-order valence-electron chi connectivity index (χ3n) is 0.327. The Morgan fingerprint density at radius 2 is 2.12 bits per heavy atom. The van der Waals surface area contributed by atoms with Crippen LogP contribution in [0.5, 0.6) is 0 Å². The SMILES string of the molecule is [O-]P([O-])(=S)OCCCl. The van der Waals surface area contributed by atoms with E-state index in [4.69, 9.17) is 11.6 Å². The van der Waals surface area contributed by atoms with Gasteiger partial charge in [-0.15, -0.1) is 23.4 Å². The predicted octanol–water partition coefficient (Wildman–Crippen LogP) is -0.813. The molecule has 0 aliphatic rings. The van der Waals surface area contributed by atoms with Gasteiger partial charge in [0.1, 0.15) is 0 Å². The molecule has 0 saturated heterocycles. The summed E-state index contributed by atoms with van der Waals surface area (Å²) in [5, 5.41) is 0. The third kappa shape index (κ3) is 6.82. The molecule has 8 heavy (non-hydrogen) atoms. The van der Waals surface area contributed by atoms with Gasteiger partial charge in [0.2, 0.25) is 0 Å². The Morgan fingerprint density at radius 3 is 2.25 bits per heavy atom. The molecule has 6 heteroatoms. The van der Waals surface area contributed by atoms with Crippen molar-refractivity contribution in [1.82, 2.24) is 0 Å². The summed E-state index contributed by atoms with van der Waals surface area (Å²) in [6, 6.07) is 0. The number of hydrogen-bond acceptors (Lipinski definition) is 4. The van der Waals surface area contributed by atoms with Crippen molar-refractivity contribution < 1.29 is 14.3 Å². The number of hydrogen-bond donors (Lipinski definition) is 0. The van der Waals surface area contributed by atoms with E-state index in [0.29, 0.717) is 0 Å². The van der Waals surface area contributed by atoms with Crippen LogP contribution in [0.3, 0.4) is 0 Å². The van der Waals surface area contributed by atoms with Crippen LogP contribution in [0.2, 0.25) is 0 Å². The third-order valence-corrected chi connectivity index (χ3v) is 1.30. The Kier molecular flexibility index (Phi) is 4.16. The van der Waals surface area contributed by atoms with Crippen molar-refractivity contribution in [2.45, 2.75) is 0 Å². The Labute approximate surface area is 57.5 Å². The molecule has 50 valence electrons. The Hall–Kier alpha value is 0.820. The summed E-state index contributed by atoms with van der Waals surface area (Å²) in [6.45, 7) is -3.97. The summed E-state index contributed by atoms with van der Waals surface area (Å²) >= 11 is 8.95. The van der Waals surface area contributed by atoms with E-state index in [2.05, 4.69) is 16.3 Å². The molecule has 0 aromatic carbocycles. The van der Waals surface area contributed by atoms with Crippen LogP contribution in [-0.4, -0.2) is 12.5 Å². The fourth-order valence-corrected chi connectivity index (χ4v) is 0.870. The van der Waals surface area contributed by atoms with E-state index in [9.17, 15) is 9.79 Å². The van der Waals surface area contributed by atoms with Crippen molar-refractivity contribution in [1.29, 1.82) is 0 Å². The zero-order valence-electron chi connectivity index (χ0n) is 3.87. The highest BCUT2D eigenvalue weighted by Gasteiger charge is 1.82. The van der Waals surface area contributed by atoms with Crippen molar-refractivity contribution in [2.75, 3.05) is 12.5 Å². The number of halogens is 1. The van der Waals surface area contributed by atoms with E-state index in [0.717, 1.165) is 0 Å². The van der Waals surface area contributed by atoms with E-state index in [1.165, 1.54) is 0 Å². The van der Waals surface area contributed by atoms with E-state index in [1.54, 1.807) is 0 Å². The summed E-state index contributed by atoms with van der Waals surface area (Å²) in [4.78, 5) is 19.9. The van der Waals surface area contributed by atoms with Gasteiger partial charge in [-0.2, -0.15) is 0 Å². The lowest BCUT2D eigenvalue weighted by Crippen LogP contribution is -2.16. The van der Waals surface area contributed by atoms with E-state index in [-0.39, 0.29) is 12.5 Å². The van der Waals surface area contributed by atoms with Crippen LogP contribution in [0.4, 0.5) is 0 Å².